The summed E-state index contributed by atoms with van der Waals surface area (Å²) >= 11 is 1.64. The Morgan fingerprint density at radius 2 is 1.05 bits per heavy atom. The predicted molar refractivity (Wildman–Crippen MR) is 232 cm³/mol. The van der Waals surface area contributed by atoms with Gasteiger partial charge in [0.05, 0.1) is 16.4 Å². The van der Waals surface area contributed by atoms with Crippen molar-refractivity contribution < 1.29 is 9.59 Å². The third kappa shape index (κ3) is 9.34. The molecule has 55 heavy (non-hydrogen) atoms. The van der Waals surface area contributed by atoms with Crippen molar-refractivity contribution in [3.05, 3.63) is 172 Å². The molecule has 5 heteroatoms. The summed E-state index contributed by atoms with van der Waals surface area (Å²) in [5.41, 5.74) is 8.97. The van der Waals surface area contributed by atoms with E-state index in [1.165, 1.54) is 21.6 Å². The van der Waals surface area contributed by atoms with Gasteiger partial charge in [0.25, 0.3) is 0 Å². The van der Waals surface area contributed by atoms with E-state index in [-0.39, 0.29) is 34.3 Å². The molecule has 0 bridgehead atoms. The first-order valence-corrected chi connectivity index (χ1v) is 21.0. The third-order valence-electron chi connectivity index (χ3n) is 10.9. The van der Waals surface area contributed by atoms with Crippen LogP contribution in [0.2, 0.25) is 0 Å². The van der Waals surface area contributed by atoms with E-state index in [2.05, 4.69) is 150 Å². The Morgan fingerprint density at radius 3 is 1.55 bits per heavy atom. The van der Waals surface area contributed by atoms with Crippen LogP contribution in [0.25, 0.3) is 0 Å². The predicted octanol–water partition coefficient (Wildman–Crippen LogP) is 11.4. The molecule has 0 radical (unpaired) electrons. The van der Waals surface area contributed by atoms with Crippen LogP contribution in [-0.2, 0) is 32.4 Å². The maximum absolute atomic E-state index is 13.6. The van der Waals surface area contributed by atoms with Crippen molar-refractivity contribution in [3.63, 3.8) is 0 Å². The van der Waals surface area contributed by atoms with Crippen molar-refractivity contribution in [1.29, 1.82) is 0 Å². The Kier molecular flexibility index (Phi) is 12.8. The van der Waals surface area contributed by atoms with Gasteiger partial charge in [-0.1, -0.05) is 176 Å². The number of rotatable bonds is 15. The van der Waals surface area contributed by atoms with Crippen LogP contribution < -0.4 is 10.2 Å². The molecule has 5 aromatic carbocycles. The largest absolute Gasteiger partial charge is 0.313 e. The lowest BCUT2D eigenvalue weighted by atomic mass is 9.65. The lowest BCUT2D eigenvalue weighted by Gasteiger charge is -2.37. The minimum absolute atomic E-state index is 0.0995. The van der Waals surface area contributed by atoms with E-state index in [4.69, 9.17) is 0 Å². The second-order valence-corrected chi connectivity index (χ2v) is 18.3. The Labute approximate surface area is 334 Å². The van der Waals surface area contributed by atoms with Crippen LogP contribution in [0.15, 0.2) is 133 Å². The first-order valence-electron chi connectivity index (χ1n) is 20.0. The smallest absolute Gasteiger partial charge is 0.247 e. The van der Waals surface area contributed by atoms with Crippen LogP contribution in [0.4, 0.5) is 5.69 Å². The second kappa shape index (κ2) is 17.6. The SMILES string of the molecule is CC(C)(C)c1cc(CNCCCCCCSC2CC(=O)N(c3ccc(C(c4ccccc4)(c4ccccc4)c4ccccc4)cc3)C2=O)cc(C(C)(C)C)c1. The van der Waals surface area contributed by atoms with E-state index in [1.807, 2.05) is 30.3 Å². The zero-order valence-corrected chi connectivity index (χ0v) is 34.4. The molecule has 1 heterocycles. The highest BCUT2D eigenvalue weighted by Gasteiger charge is 2.41. The molecule has 0 aromatic heterocycles. The van der Waals surface area contributed by atoms with Crippen molar-refractivity contribution in [3.8, 4) is 0 Å². The van der Waals surface area contributed by atoms with Crippen molar-refractivity contribution >= 4 is 29.3 Å². The zero-order valence-electron chi connectivity index (χ0n) is 33.6. The maximum atomic E-state index is 13.6. The van der Waals surface area contributed by atoms with Gasteiger partial charge in [0.2, 0.25) is 11.8 Å². The molecule has 1 saturated heterocycles. The number of benzene rings is 5. The fraction of sp³-hybridized carbons (Fsp3) is 0.360. The lowest BCUT2D eigenvalue weighted by molar-refractivity contribution is -0.121. The van der Waals surface area contributed by atoms with Gasteiger partial charge in [-0.2, -0.15) is 0 Å². The number of carbonyl (C=O) groups is 2. The van der Waals surface area contributed by atoms with E-state index in [0.717, 1.165) is 66.8 Å². The molecule has 0 saturated carbocycles. The van der Waals surface area contributed by atoms with Crippen LogP contribution in [-0.4, -0.2) is 29.4 Å². The van der Waals surface area contributed by atoms with E-state index < -0.39 is 5.41 Å². The highest BCUT2D eigenvalue weighted by Crippen LogP contribution is 2.45. The van der Waals surface area contributed by atoms with Crippen LogP contribution >= 0.6 is 11.8 Å². The number of amides is 2. The maximum Gasteiger partial charge on any atom is 0.247 e. The Balaban J connectivity index is 1.03. The van der Waals surface area contributed by atoms with Crippen molar-refractivity contribution in [2.75, 3.05) is 17.2 Å². The van der Waals surface area contributed by atoms with Crippen molar-refractivity contribution in [2.24, 2.45) is 0 Å². The number of nitrogens with zero attached hydrogens (tertiary/aromatic N) is 1. The van der Waals surface area contributed by atoms with Gasteiger partial charge in [-0.3, -0.25) is 9.59 Å². The summed E-state index contributed by atoms with van der Waals surface area (Å²) in [5, 5.41) is 3.34. The van der Waals surface area contributed by atoms with Crippen molar-refractivity contribution in [1.82, 2.24) is 5.32 Å². The molecule has 1 fully saturated rings. The van der Waals surface area contributed by atoms with Gasteiger partial charge in [-0.05, 0) is 87.0 Å². The molecular formula is C50H58N2O2S. The lowest BCUT2D eigenvalue weighted by Crippen LogP contribution is -2.32. The number of hydrogen-bond acceptors (Lipinski definition) is 4. The molecule has 5 aromatic rings. The molecule has 0 aliphatic carbocycles. The molecule has 286 valence electrons. The van der Waals surface area contributed by atoms with Gasteiger partial charge in [-0.25, -0.2) is 4.90 Å². The Morgan fingerprint density at radius 1 is 0.582 bits per heavy atom. The van der Waals surface area contributed by atoms with Crippen LogP contribution in [0, 0.1) is 0 Å². The number of nitrogens with one attached hydrogen (secondary N) is 1. The minimum Gasteiger partial charge on any atom is -0.313 e. The fourth-order valence-electron chi connectivity index (χ4n) is 7.75. The van der Waals surface area contributed by atoms with Gasteiger partial charge in [0, 0.05) is 13.0 Å². The zero-order chi connectivity index (χ0) is 39.1. The molecule has 4 nitrogen and oxygen atoms in total. The number of imide groups is 1. The van der Waals surface area contributed by atoms with E-state index in [0.29, 0.717) is 5.69 Å². The molecule has 1 aliphatic heterocycles. The monoisotopic (exact) mass is 750 g/mol. The molecule has 1 aliphatic rings. The fourth-order valence-corrected chi connectivity index (χ4v) is 8.92. The highest BCUT2D eigenvalue weighted by atomic mass is 32.2. The molecule has 1 atom stereocenters. The van der Waals surface area contributed by atoms with E-state index in [9.17, 15) is 9.59 Å². The number of anilines is 1. The second-order valence-electron chi connectivity index (χ2n) is 17.0. The first-order chi connectivity index (χ1) is 26.4. The summed E-state index contributed by atoms with van der Waals surface area (Å²) in [6, 6.07) is 46.8. The number of unbranched alkanes of at least 4 members (excludes halogenated alkanes) is 3. The third-order valence-corrected chi connectivity index (χ3v) is 12.2. The highest BCUT2D eigenvalue weighted by molar-refractivity contribution is 8.00. The van der Waals surface area contributed by atoms with Gasteiger partial charge in [0.1, 0.15) is 0 Å². The minimum atomic E-state index is -0.579. The average molecular weight is 751 g/mol. The number of carbonyl (C=O) groups excluding carboxylic acids is 2. The van der Waals surface area contributed by atoms with E-state index >= 15 is 0 Å². The summed E-state index contributed by atoms with van der Waals surface area (Å²) in [5.74, 6) is 0.661. The average Bonchev–Trinajstić information content (AvgIpc) is 3.47. The van der Waals surface area contributed by atoms with Gasteiger partial charge >= 0.3 is 0 Å². The molecule has 6 rings (SSSR count). The van der Waals surface area contributed by atoms with Gasteiger partial charge < -0.3 is 5.32 Å². The first kappa shape index (κ1) is 40.2. The standard InChI is InChI=1S/C50H58N2O2S/c1-48(2,3)42-32-37(33-43(34-42)49(4,5)6)36-51-30-18-7-8-19-31-55-45-35-46(53)52(47(45)54)44-28-26-41(27-29-44)50(38-20-12-9-13-21-38,39-22-14-10-15-23-39)40-24-16-11-17-25-40/h9-17,20-29,32-34,45,51H,7-8,18-19,30-31,35-36H2,1-6H3. The normalized spacial score (nSPS) is 15.2. The van der Waals surface area contributed by atoms with Crippen LogP contribution in [0.1, 0.15) is 113 Å². The summed E-state index contributed by atoms with van der Waals surface area (Å²) < 4.78 is 0. The molecule has 1 N–H and O–H groups in total. The van der Waals surface area contributed by atoms with E-state index in [1.54, 1.807) is 11.8 Å². The topological polar surface area (TPSA) is 49.4 Å². The van der Waals surface area contributed by atoms with Gasteiger partial charge in [-0.15, -0.1) is 11.8 Å². The summed E-state index contributed by atoms with van der Waals surface area (Å²) in [6.07, 6.45) is 4.69. The quantitative estimate of drug-likeness (QED) is 0.0658. The molecular weight excluding hydrogens is 693 g/mol. The van der Waals surface area contributed by atoms with Crippen LogP contribution in [0.5, 0.6) is 0 Å². The Hall–Kier alpha value is -4.45. The molecule has 0 spiro atoms. The summed E-state index contributed by atoms with van der Waals surface area (Å²) in [7, 11) is 0. The molecule has 1 unspecified atom stereocenters. The van der Waals surface area contributed by atoms with Gasteiger partial charge in [0.15, 0.2) is 0 Å². The van der Waals surface area contributed by atoms with Crippen LogP contribution in [0.3, 0.4) is 0 Å². The number of hydrogen-bond donors (Lipinski definition) is 1. The summed E-state index contributed by atoms with van der Waals surface area (Å²) in [4.78, 5) is 28.4. The Bertz CT molecular complexity index is 1880. The van der Waals surface area contributed by atoms with Crippen molar-refractivity contribution in [2.45, 2.75) is 102 Å². The summed E-state index contributed by atoms with van der Waals surface area (Å²) in [6.45, 7) is 15.6. The number of thioether (sulfide) groups is 1. The molecule has 2 amide bonds.